The molecule has 1 heterocycles. The number of nitrogens with two attached hydrogens (primary N) is 1. The minimum Gasteiger partial charge on any atom is -0.391 e. The molecule has 6 nitrogen and oxygen atoms in total. The van der Waals surface area contributed by atoms with Crippen LogP contribution in [-0.4, -0.2) is 27.2 Å². The van der Waals surface area contributed by atoms with Crippen LogP contribution < -0.4 is 16.6 Å². The number of nitrogens with zero attached hydrogens (tertiary/aromatic N) is 2. The fourth-order valence-corrected chi connectivity index (χ4v) is 2.19. The summed E-state index contributed by atoms with van der Waals surface area (Å²) in [6.07, 6.45) is 3.76. The minimum atomic E-state index is -0.298. The molecular weight excluding hydrogens is 218 g/mol. The Hall–Kier alpha value is -1.40. The van der Waals surface area contributed by atoms with E-state index in [4.69, 9.17) is 5.84 Å². The topological polar surface area (TPSA) is 96.1 Å². The minimum absolute atomic E-state index is 0.0728. The van der Waals surface area contributed by atoms with Crippen LogP contribution in [-0.2, 0) is 0 Å². The average molecular weight is 237 g/mol. The van der Waals surface area contributed by atoms with Crippen LogP contribution in [0.25, 0.3) is 0 Å². The number of hydrogen-bond donors (Lipinski definition) is 4. The Bertz CT molecular complexity index is 384. The summed E-state index contributed by atoms with van der Waals surface area (Å²) in [5.41, 5.74) is 2.50. The first-order valence-corrected chi connectivity index (χ1v) is 5.96. The third-order valence-electron chi connectivity index (χ3n) is 3.05. The molecule has 0 aliphatic heterocycles. The first kappa shape index (κ1) is 12.1. The van der Waals surface area contributed by atoms with Crippen LogP contribution in [0.2, 0.25) is 0 Å². The third-order valence-corrected chi connectivity index (χ3v) is 3.05. The van der Waals surface area contributed by atoms with E-state index < -0.39 is 0 Å². The number of anilines is 2. The molecule has 0 spiro atoms. The number of hydrogen-bond acceptors (Lipinski definition) is 6. The molecule has 1 aromatic heterocycles. The highest BCUT2D eigenvalue weighted by Gasteiger charge is 2.23. The van der Waals surface area contributed by atoms with Crippen molar-refractivity contribution in [3.05, 3.63) is 11.9 Å². The van der Waals surface area contributed by atoms with Crippen molar-refractivity contribution in [3.8, 4) is 0 Å². The van der Waals surface area contributed by atoms with Gasteiger partial charge < -0.3 is 15.8 Å². The number of aliphatic hydroxyl groups is 1. The van der Waals surface area contributed by atoms with Crippen LogP contribution in [0.5, 0.6) is 0 Å². The van der Waals surface area contributed by atoms with E-state index in [1.54, 1.807) is 6.07 Å². The van der Waals surface area contributed by atoms with Crippen LogP contribution in [0.3, 0.4) is 0 Å². The lowest BCUT2D eigenvalue weighted by molar-refractivity contribution is 0.116. The average Bonchev–Trinajstić information content (AvgIpc) is 2.31. The van der Waals surface area contributed by atoms with Gasteiger partial charge >= 0.3 is 0 Å². The van der Waals surface area contributed by atoms with E-state index in [1.165, 1.54) is 0 Å². The van der Waals surface area contributed by atoms with Crippen molar-refractivity contribution in [2.45, 2.75) is 44.8 Å². The fourth-order valence-electron chi connectivity index (χ4n) is 2.19. The zero-order valence-corrected chi connectivity index (χ0v) is 9.98. The number of aromatic nitrogens is 2. The molecule has 2 atom stereocenters. The molecular formula is C11H19N5O. The summed E-state index contributed by atoms with van der Waals surface area (Å²) < 4.78 is 0. The summed E-state index contributed by atoms with van der Waals surface area (Å²) in [5, 5.41) is 13.1. The molecule has 0 bridgehead atoms. The van der Waals surface area contributed by atoms with Crippen LogP contribution in [0.4, 0.5) is 11.6 Å². The third kappa shape index (κ3) is 3.04. The van der Waals surface area contributed by atoms with Gasteiger partial charge in [0.25, 0.3) is 0 Å². The summed E-state index contributed by atoms with van der Waals surface area (Å²) in [6, 6.07) is 1.82. The molecule has 1 aliphatic carbocycles. The summed E-state index contributed by atoms with van der Waals surface area (Å²) >= 11 is 0. The van der Waals surface area contributed by atoms with Gasteiger partial charge in [0.05, 0.1) is 12.1 Å². The van der Waals surface area contributed by atoms with Crippen molar-refractivity contribution in [1.82, 2.24) is 9.97 Å². The van der Waals surface area contributed by atoms with Crippen molar-refractivity contribution in [2.75, 3.05) is 10.7 Å². The van der Waals surface area contributed by atoms with E-state index in [9.17, 15) is 5.11 Å². The Balaban J connectivity index is 2.09. The molecule has 2 unspecified atom stereocenters. The van der Waals surface area contributed by atoms with E-state index in [0.717, 1.165) is 25.7 Å². The number of aliphatic hydroxyl groups excluding tert-OH is 1. The molecule has 1 saturated carbocycles. The van der Waals surface area contributed by atoms with Gasteiger partial charge in [-0.2, -0.15) is 0 Å². The Kier molecular flexibility index (Phi) is 3.75. The van der Waals surface area contributed by atoms with E-state index in [1.807, 2.05) is 6.92 Å². The maximum absolute atomic E-state index is 9.88. The van der Waals surface area contributed by atoms with E-state index in [2.05, 4.69) is 20.7 Å². The van der Waals surface area contributed by atoms with Crippen LogP contribution >= 0.6 is 0 Å². The quantitative estimate of drug-likeness (QED) is 0.458. The second-order valence-corrected chi connectivity index (χ2v) is 4.43. The molecule has 17 heavy (non-hydrogen) atoms. The maximum atomic E-state index is 9.88. The SMILES string of the molecule is Cc1nc(NN)cc(NC2CCCCC2O)n1. The smallest absolute Gasteiger partial charge is 0.145 e. The van der Waals surface area contributed by atoms with Crippen LogP contribution in [0.15, 0.2) is 6.07 Å². The van der Waals surface area contributed by atoms with Crippen molar-refractivity contribution in [1.29, 1.82) is 0 Å². The normalized spacial score (nSPS) is 24.4. The van der Waals surface area contributed by atoms with Crippen LogP contribution in [0, 0.1) is 6.92 Å². The van der Waals surface area contributed by atoms with Gasteiger partial charge in [-0.3, -0.25) is 0 Å². The van der Waals surface area contributed by atoms with E-state index in [-0.39, 0.29) is 12.1 Å². The van der Waals surface area contributed by atoms with Gasteiger partial charge in [-0.05, 0) is 19.8 Å². The molecule has 6 heteroatoms. The molecule has 1 aliphatic rings. The van der Waals surface area contributed by atoms with Gasteiger partial charge in [0.2, 0.25) is 0 Å². The number of hydrazine groups is 1. The van der Waals surface area contributed by atoms with Gasteiger partial charge in [0.1, 0.15) is 17.5 Å². The van der Waals surface area contributed by atoms with Gasteiger partial charge in [-0.25, -0.2) is 15.8 Å². The predicted octanol–water partition coefficient (Wildman–Crippen LogP) is 0.786. The molecule has 1 fully saturated rings. The molecule has 2 rings (SSSR count). The van der Waals surface area contributed by atoms with Gasteiger partial charge in [0.15, 0.2) is 0 Å². The second-order valence-electron chi connectivity index (χ2n) is 4.43. The number of nitrogens with one attached hydrogen (secondary N) is 2. The maximum Gasteiger partial charge on any atom is 0.145 e. The zero-order valence-electron chi connectivity index (χ0n) is 9.98. The monoisotopic (exact) mass is 237 g/mol. The fraction of sp³-hybridized carbons (Fsp3) is 0.636. The lowest BCUT2D eigenvalue weighted by atomic mass is 9.92. The van der Waals surface area contributed by atoms with Gasteiger partial charge in [0, 0.05) is 6.07 Å². The van der Waals surface area contributed by atoms with Crippen molar-refractivity contribution >= 4 is 11.6 Å². The second kappa shape index (κ2) is 5.29. The summed E-state index contributed by atoms with van der Waals surface area (Å²) in [6.45, 7) is 1.81. The highest BCUT2D eigenvalue weighted by molar-refractivity contribution is 5.47. The summed E-state index contributed by atoms with van der Waals surface area (Å²) in [4.78, 5) is 8.40. The molecule has 0 radical (unpaired) electrons. The first-order valence-electron chi connectivity index (χ1n) is 5.96. The molecule has 1 aromatic rings. The number of rotatable bonds is 3. The summed E-state index contributed by atoms with van der Waals surface area (Å²) in [5.74, 6) is 7.26. The Morgan fingerprint density at radius 3 is 2.71 bits per heavy atom. The first-order chi connectivity index (χ1) is 8.19. The Labute approximate surface area is 101 Å². The predicted molar refractivity (Wildman–Crippen MR) is 66.5 cm³/mol. The number of aryl methyl sites for hydroxylation is 1. The molecule has 5 N–H and O–H groups in total. The molecule has 94 valence electrons. The summed E-state index contributed by atoms with van der Waals surface area (Å²) in [7, 11) is 0. The Morgan fingerprint density at radius 1 is 1.29 bits per heavy atom. The molecule has 0 saturated heterocycles. The Morgan fingerprint density at radius 2 is 2.00 bits per heavy atom. The van der Waals surface area contributed by atoms with Gasteiger partial charge in [-0.15, -0.1) is 0 Å². The van der Waals surface area contributed by atoms with E-state index >= 15 is 0 Å². The largest absolute Gasteiger partial charge is 0.391 e. The number of nitrogen functional groups attached to an aromatic ring is 1. The standard InChI is InChI=1S/C11H19N5O/c1-7-13-10(6-11(14-7)16-12)15-8-4-2-3-5-9(8)17/h6,8-9,17H,2-5,12H2,1H3,(H2,13,14,15,16). The van der Waals surface area contributed by atoms with Gasteiger partial charge in [-0.1, -0.05) is 12.8 Å². The van der Waals surface area contributed by atoms with E-state index in [0.29, 0.717) is 17.5 Å². The van der Waals surface area contributed by atoms with Crippen LogP contribution in [0.1, 0.15) is 31.5 Å². The lowest BCUT2D eigenvalue weighted by Gasteiger charge is -2.28. The van der Waals surface area contributed by atoms with Crippen molar-refractivity contribution in [3.63, 3.8) is 0 Å². The highest BCUT2D eigenvalue weighted by Crippen LogP contribution is 2.22. The van der Waals surface area contributed by atoms with Crippen molar-refractivity contribution < 1.29 is 5.11 Å². The highest BCUT2D eigenvalue weighted by atomic mass is 16.3. The van der Waals surface area contributed by atoms with Crippen molar-refractivity contribution in [2.24, 2.45) is 5.84 Å². The zero-order chi connectivity index (χ0) is 12.3. The lowest BCUT2D eigenvalue weighted by Crippen LogP contribution is -2.36. The molecule has 0 amide bonds. The molecule has 0 aromatic carbocycles.